The summed E-state index contributed by atoms with van der Waals surface area (Å²) in [6, 6.07) is -0.938. The number of sulfonamides is 2. The van der Waals surface area contributed by atoms with E-state index in [-0.39, 0.29) is 24.2 Å². The predicted molar refractivity (Wildman–Crippen MR) is 91.4 cm³/mol. The first kappa shape index (κ1) is 19.6. The van der Waals surface area contributed by atoms with E-state index in [2.05, 4.69) is 5.32 Å². The number of rotatable bonds is 6. The van der Waals surface area contributed by atoms with Gasteiger partial charge in [-0.25, -0.2) is 21.1 Å². The van der Waals surface area contributed by atoms with Crippen LogP contribution in [0, 0.1) is 0 Å². The fraction of sp³-hybridized carbons (Fsp3) is 0.929. The highest BCUT2D eigenvalue weighted by atomic mass is 32.2. The quantitative estimate of drug-likeness (QED) is 0.682. The molecule has 2 aliphatic heterocycles. The molecule has 2 heterocycles. The summed E-state index contributed by atoms with van der Waals surface area (Å²) in [5.74, 6) is -0.269. The molecule has 0 bridgehead atoms. The van der Waals surface area contributed by atoms with Crippen molar-refractivity contribution >= 4 is 26.0 Å². The summed E-state index contributed by atoms with van der Waals surface area (Å²) in [5, 5.41) is 2.86. The monoisotopic (exact) mass is 381 g/mol. The van der Waals surface area contributed by atoms with Crippen molar-refractivity contribution in [2.45, 2.75) is 51.1 Å². The number of amides is 1. The molecule has 24 heavy (non-hydrogen) atoms. The van der Waals surface area contributed by atoms with Crippen molar-refractivity contribution in [3.05, 3.63) is 0 Å². The van der Waals surface area contributed by atoms with Crippen molar-refractivity contribution in [3.8, 4) is 0 Å². The largest absolute Gasteiger partial charge is 0.351 e. The van der Waals surface area contributed by atoms with Crippen LogP contribution in [0.25, 0.3) is 0 Å². The molecule has 0 saturated carbocycles. The zero-order chi connectivity index (χ0) is 18.0. The normalized spacial score (nSPS) is 27.2. The Bertz CT molecular complexity index is 662. The number of nitrogens with one attached hydrogen (secondary N) is 1. The van der Waals surface area contributed by atoms with E-state index in [4.69, 9.17) is 0 Å². The fourth-order valence-electron chi connectivity index (χ4n) is 3.37. The first-order valence-corrected chi connectivity index (χ1v) is 11.9. The van der Waals surface area contributed by atoms with Gasteiger partial charge in [0, 0.05) is 25.7 Å². The zero-order valence-corrected chi connectivity index (χ0v) is 15.9. The fourth-order valence-corrected chi connectivity index (χ4v) is 6.03. The Labute approximate surface area is 144 Å². The van der Waals surface area contributed by atoms with Crippen molar-refractivity contribution in [1.82, 2.24) is 13.9 Å². The van der Waals surface area contributed by atoms with E-state index in [1.54, 1.807) is 6.92 Å². The highest BCUT2D eigenvalue weighted by Crippen LogP contribution is 2.23. The number of nitrogens with zero attached hydrogens (tertiary/aromatic N) is 2. The molecule has 2 unspecified atom stereocenters. The molecule has 2 atom stereocenters. The molecule has 0 aromatic heterocycles. The van der Waals surface area contributed by atoms with Crippen molar-refractivity contribution in [1.29, 1.82) is 0 Å². The number of carbonyl (C=O) groups is 1. The summed E-state index contributed by atoms with van der Waals surface area (Å²) in [4.78, 5) is 12.5. The van der Waals surface area contributed by atoms with Crippen molar-refractivity contribution in [2.75, 3.05) is 31.6 Å². The van der Waals surface area contributed by atoms with E-state index in [0.717, 1.165) is 6.26 Å². The lowest BCUT2D eigenvalue weighted by Gasteiger charge is -2.32. The summed E-state index contributed by atoms with van der Waals surface area (Å²) in [7, 11) is -6.69. The Kier molecular flexibility index (Phi) is 6.27. The molecule has 1 N–H and O–H groups in total. The van der Waals surface area contributed by atoms with Crippen molar-refractivity contribution in [3.63, 3.8) is 0 Å². The van der Waals surface area contributed by atoms with Crippen molar-refractivity contribution in [2.24, 2.45) is 0 Å². The van der Waals surface area contributed by atoms with Gasteiger partial charge in [-0.05, 0) is 32.1 Å². The van der Waals surface area contributed by atoms with Crippen LogP contribution in [-0.4, -0.2) is 75.1 Å². The second kappa shape index (κ2) is 7.67. The summed E-state index contributed by atoms with van der Waals surface area (Å²) in [6.07, 6.45) is 4.23. The minimum absolute atomic E-state index is 0.0437. The summed E-state index contributed by atoms with van der Waals surface area (Å²) >= 11 is 0. The topological polar surface area (TPSA) is 104 Å². The Morgan fingerprint density at radius 2 is 1.79 bits per heavy atom. The Morgan fingerprint density at radius 1 is 1.12 bits per heavy atom. The van der Waals surface area contributed by atoms with Crippen molar-refractivity contribution < 1.29 is 21.6 Å². The van der Waals surface area contributed by atoms with E-state index >= 15 is 0 Å². The second-order valence-electron chi connectivity index (χ2n) is 6.55. The molecule has 1 amide bonds. The van der Waals surface area contributed by atoms with E-state index < -0.39 is 26.1 Å². The molecule has 2 aliphatic rings. The van der Waals surface area contributed by atoms with Gasteiger partial charge in [-0.1, -0.05) is 6.92 Å². The third-order valence-corrected chi connectivity index (χ3v) is 7.87. The van der Waals surface area contributed by atoms with Gasteiger partial charge in [-0.3, -0.25) is 4.79 Å². The summed E-state index contributed by atoms with van der Waals surface area (Å²) in [6.45, 7) is 2.88. The molecule has 0 aromatic carbocycles. The van der Waals surface area contributed by atoms with Gasteiger partial charge in [-0.2, -0.15) is 4.31 Å². The molecule has 0 aromatic rings. The van der Waals surface area contributed by atoms with Crippen LogP contribution in [0.4, 0.5) is 0 Å². The Balaban J connectivity index is 2.01. The zero-order valence-electron chi connectivity index (χ0n) is 14.3. The third-order valence-electron chi connectivity index (χ3n) is 4.53. The van der Waals surface area contributed by atoms with Crippen LogP contribution in [0.15, 0.2) is 0 Å². The van der Waals surface area contributed by atoms with Gasteiger partial charge in [0.2, 0.25) is 26.0 Å². The van der Waals surface area contributed by atoms with E-state index in [0.29, 0.717) is 45.2 Å². The molecule has 140 valence electrons. The van der Waals surface area contributed by atoms with Crippen LogP contribution in [0.3, 0.4) is 0 Å². The molecule has 0 aliphatic carbocycles. The molecule has 2 saturated heterocycles. The standard InChI is InChI=1S/C14H27N3O5S2/c1-3-10-24(21,22)17-9-5-7-13(17)14(18)15-12-6-4-8-16(11-12)23(2,19)20/h12-13H,3-11H2,1-2H3,(H,15,18). The predicted octanol–water partition coefficient (Wildman–Crippen LogP) is -0.269. The molecule has 10 heteroatoms. The van der Waals surface area contributed by atoms with Crippen LogP contribution >= 0.6 is 0 Å². The van der Waals surface area contributed by atoms with Gasteiger partial charge in [0.05, 0.1) is 12.0 Å². The van der Waals surface area contributed by atoms with Crippen LogP contribution in [-0.2, 0) is 24.8 Å². The maximum Gasteiger partial charge on any atom is 0.238 e. The van der Waals surface area contributed by atoms with Crippen LogP contribution in [0.1, 0.15) is 39.0 Å². The minimum atomic E-state index is -3.41. The SMILES string of the molecule is CCCS(=O)(=O)N1CCCC1C(=O)NC1CCCN(S(C)(=O)=O)C1. The first-order valence-electron chi connectivity index (χ1n) is 8.40. The average Bonchev–Trinajstić information content (AvgIpc) is 2.97. The van der Waals surface area contributed by atoms with Crippen LogP contribution in [0.5, 0.6) is 0 Å². The molecule has 8 nitrogen and oxygen atoms in total. The Morgan fingerprint density at radius 3 is 2.42 bits per heavy atom. The lowest BCUT2D eigenvalue weighted by molar-refractivity contribution is -0.125. The maximum absolute atomic E-state index is 12.5. The number of hydrogen-bond acceptors (Lipinski definition) is 5. The average molecular weight is 382 g/mol. The highest BCUT2D eigenvalue weighted by Gasteiger charge is 2.39. The maximum atomic E-state index is 12.5. The van der Waals surface area contributed by atoms with E-state index in [1.807, 2.05) is 0 Å². The number of piperidine rings is 1. The third kappa shape index (κ3) is 4.68. The number of hydrogen-bond donors (Lipinski definition) is 1. The summed E-state index contributed by atoms with van der Waals surface area (Å²) in [5.41, 5.74) is 0. The first-order chi connectivity index (χ1) is 11.1. The van der Waals surface area contributed by atoms with Gasteiger partial charge >= 0.3 is 0 Å². The molecule has 2 fully saturated rings. The van der Waals surface area contributed by atoms with E-state index in [1.165, 1.54) is 8.61 Å². The highest BCUT2D eigenvalue weighted by molar-refractivity contribution is 7.89. The second-order valence-corrected chi connectivity index (χ2v) is 10.6. The van der Waals surface area contributed by atoms with Gasteiger partial charge in [0.25, 0.3) is 0 Å². The molecule has 0 radical (unpaired) electrons. The smallest absolute Gasteiger partial charge is 0.238 e. The Hall–Kier alpha value is -0.710. The summed E-state index contributed by atoms with van der Waals surface area (Å²) < 4.78 is 50.5. The van der Waals surface area contributed by atoms with Crippen LogP contribution < -0.4 is 5.32 Å². The lowest BCUT2D eigenvalue weighted by atomic mass is 10.1. The van der Waals surface area contributed by atoms with Gasteiger partial charge in [0.1, 0.15) is 6.04 Å². The number of carbonyl (C=O) groups excluding carboxylic acids is 1. The van der Waals surface area contributed by atoms with Crippen LogP contribution in [0.2, 0.25) is 0 Å². The van der Waals surface area contributed by atoms with Gasteiger partial charge in [-0.15, -0.1) is 0 Å². The molecule has 2 rings (SSSR count). The van der Waals surface area contributed by atoms with Gasteiger partial charge < -0.3 is 5.32 Å². The minimum Gasteiger partial charge on any atom is -0.351 e. The molecule has 0 spiro atoms. The molecular formula is C14H27N3O5S2. The molecular weight excluding hydrogens is 354 g/mol. The van der Waals surface area contributed by atoms with Gasteiger partial charge in [0.15, 0.2) is 0 Å². The lowest BCUT2D eigenvalue weighted by Crippen LogP contribution is -2.54. The van der Waals surface area contributed by atoms with E-state index in [9.17, 15) is 21.6 Å².